The Kier molecular flexibility index (Phi) is 2.52. The molecule has 0 aromatic rings. The molecule has 1 unspecified atom stereocenters. The third-order valence-corrected chi connectivity index (χ3v) is 3.34. The number of carbonyl (C=O) groups excluding carboxylic acids is 1. The Morgan fingerprint density at radius 3 is 2.50 bits per heavy atom. The molecule has 0 aromatic carbocycles. The lowest BCUT2D eigenvalue weighted by atomic mass is 9.78. The fraction of sp³-hybridized carbons (Fsp3) is 0.909. The van der Waals surface area contributed by atoms with Crippen molar-refractivity contribution in [2.75, 3.05) is 0 Å². The minimum Gasteiger partial charge on any atom is -0.352 e. The molecular weight excluding hydrogens is 176 g/mol. The molecule has 2 aliphatic rings. The van der Waals surface area contributed by atoms with E-state index in [0.717, 1.165) is 12.8 Å². The molecule has 0 aliphatic heterocycles. The monoisotopic (exact) mass is 196 g/mol. The van der Waals surface area contributed by atoms with Gasteiger partial charge < -0.3 is 10.6 Å². The summed E-state index contributed by atoms with van der Waals surface area (Å²) in [7, 11) is 0. The number of carbonyl (C=O) groups is 1. The largest absolute Gasteiger partial charge is 0.352 e. The van der Waals surface area contributed by atoms with Crippen LogP contribution in [0.1, 0.15) is 46.0 Å². The number of nitrogens with one attached hydrogen (secondary N) is 2. The van der Waals surface area contributed by atoms with E-state index in [2.05, 4.69) is 17.6 Å². The van der Waals surface area contributed by atoms with E-state index in [1.807, 2.05) is 6.92 Å². The van der Waals surface area contributed by atoms with Crippen molar-refractivity contribution >= 4 is 5.91 Å². The van der Waals surface area contributed by atoms with Gasteiger partial charge in [-0.05, 0) is 46.0 Å². The van der Waals surface area contributed by atoms with Crippen LogP contribution in [0.5, 0.6) is 0 Å². The third kappa shape index (κ3) is 2.27. The van der Waals surface area contributed by atoms with E-state index < -0.39 is 0 Å². The van der Waals surface area contributed by atoms with Crippen molar-refractivity contribution in [3.05, 3.63) is 0 Å². The van der Waals surface area contributed by atoms with Gasteiger partial charge in [-0.15, -0.1) is 0 Å². The second-order valence-electron chi connectivity index (χ2n) is 5.06. The Hall–Kier alpha value is -0.570. The predicted octanol–water partition coefficient (Wildman–Crippen LogP) is 1.19. The second kappa shape index (κ2) is 3.54. The highest BCUT2D eigenvalue weighted by atomic mass is 16.2. The fourth-order valence-electron chi connectivity index (χ4n) is 1.99. The zero-order chi connectivity index (χ0) is 10.2. The van der Waals surface area contributed by atoms with Crippen LogP contribution in [-0.2, 0) is 4.79 Å². The third-order valence-electron chi connectivity index (χ3n) is 3.34. The average Bonchev–Trinajstić information content (AvgIpc) is 2.85. The molecule has 14 heavy (non-hydrogen) atoms. The highest BCUT2D eigenvalue weighted by Gasteiger charge is 2.35. The van der Waals surface area contributed by atoms with Crippen LogP contribution in [0.3, 0.4) is 0 Å². The average molecular weight is 196 g/mol. The van der Waals surface area contributed by atoms with E-state index in [-0.39, 0.29) is 17.5 Å². The van der Waals surface area contributed by atoms with E-state index in [1.165, 1.54) is 19.3 Å². The molecule has 0 aromatic heterocycles. The fourth-order valence-corrected chi connectivity index (χ4v) is 1.99. The van der Waals surface area contributed by atoms with Crippen molar-refractivity contribution in [1.29, 1.82) is 0 Å². The van der Waals surface area contributed by atoms with Gasteiger partial charge in [0.25, 0.3) is 0 Å². The van der Waals surface area contributed by atoms with Crippen LogP contribution in [0.25, 0.3) is 0 Å². The summed E-state index contributed by atoms with van der Waals surface area (Å²) in [5.41, 5.74) is 0.223. The van der Waals surface area contributed by atoms with Crippen molar-refractivity contribution in [2.24, 2.45) is 0 Å². The Morgan fingerprint density at radius 1 is 1.43 bits per heavy atom. The van der Waals surface area contributed by atoms with E-state index >= 15 is 0 Å². The predicted molar refractivity (Wildman–Crippen MR) is 56.0 cm³/mol. The van der Waals surface area contributed by atoms with Gasteiger partial charge in [-0.1, -0.05) is 0 Å². The summed E-state index contributed by atoms with van der Waals surface area (Å²) in [4.78, 5) is 11.6. The minimum absolute atomic E-state index is 0.0408. The van der Waals surface area contributed by atoms with Gasteiger partial charge in [-0.25, -0.2) is 0 Å². The molecule has 1 atom stereocenters. The smallest absolute Gasteiger partial charge is 0.237 e. The Bertz CT molecular complexity index is 231. The molecule has 3 heteroatoms. The van der Waals surface area contributed by atoms with Crippen molar-refractivity contribution in [2.45, 2.75) is 63.6 Å². The summed E-state index contributed by atoms with van der Waals surface area (Å²) in [5, 5.41) is 6.44. The number of hydrogen-bond donors (Lipinski definition) is 2. The highest BCUT2D eigenvalue weighted by Crippen LogP contribution is 2.31. The molecule has 0 heterocycles. The van der Waals surface area contributed by atoms with Crippen molar-refractivity contribution in [1.82, 2.24) is 10.6 Å². The topological polar surface area (TPSA) is 41.1 Å². The van der Waals surface area contributed by atoms with Crippen LogP contribution in [-0.4, -0.2) is 23.5 Å². The number of hydrogen-bond acceptors (Lipinski definition) is 2. The summed E-state index contributed by atoms with van der Waals surface area (Å²) >= 11 is 0. The van der Waals surface area contributed by atoms with Gasteiger partial charge in [-0.2, -0.15) is 0 Å². The number of rotatable bonds is 4. The molecule has 2 fully saturated rings. The zero-order valence-electron chi connectivity index (χ0n) is 9.10. The van der Waals surface area contributed by atoms with E-state index in [1.54, 1.807) is 0 Å². The van der Waals surface area contributed by atoms with Crippen LogP contribution >= 0.6 is 0 Å². The first-order chi connectivity index (χ1) is 6.59. The lowest BCUT2D eigenvalue weighted by molar-refractivity contribution is -0.123. The van der Waals surface area contributed by atoms with Gasteiger partial charge in [-0.3, -0.25) is 4.79 Å². The molecule has 0 radical (unpaired) electrons. The molecule has 2 aliphatic carbocycles. The van der Waals surface area contributed by atoms with Crippen molar-refractivity contribution in [3.8, 4) is 0 Å². The van der Waals surface area contributed by atoms with Crippen LogP contribution in [0.4, 0.5) is 0 Å². The normalized spacial score (nSPS) is 26.4. The molecule has 2 rings (SSSR count). The highest BCUT2D eigenvalue weighted by molar-refractivity contribution is 5.81. The molecule has 2 N–H and O–H groups in total. The minimum atomic E-state index is -0.0408. The van der Waals surface area contributed by atoms with E-state index in [0.29, 0.717) is 6.04 Å². The van der Waals surface area contributed by atoms with Crippen LogP contribution in [0, 0.1) is 0 Å². The Labute approximate surface area is 85.6 Å². The van der Waals surface area contributed by atoms with Crippen molar-refractivity contribution in [3.63, 3.8) is 0 Å². The number of amides is 1. The van der Waals surface area contributed by atoms with Gasteiger partial charge >= 0.3 is 0 Å². The van der Waals surface area contributed by atoms with Gasteiger partial charge in [0.1, 0.15) is 0 Å². The van der Waals surface area contributed by atoms with E-state index in [4.69, 9.17) is 0 Å². The molecule has 2 saturated carbocycles. The summed E-state index contributed by atoms with van der Waals surface area (Å²) in [5.74, 6) is 0.167. The Balaban J connectivity index is 1.75. The lowest BCUT2D eigenvalue weighted by Gasteiger charge is -2.41. The summed E-state index contributed by atoms with van der Waals surface area (Å²) < 4.78 is 0. The van der Waals surface area contributed by atoms with Gasteiger partial charge in [0.2, 0.25) is 5.91 Å². The van der Waals surface area contributed by atoms with Gasteiger partial charge in [0.05, 0.1) is 6.04 Å². The maximum absolute atomic E-state index is 11.6. The maximum Gasteiger partial charge on any atom is 0.237 e. The molecule has 0 bridgehead atoms. The van der Waals surface area contributed by atoms with Crippen LogP contribution < -0.4 is 10.6 Å². The SMILES string of the molecule is CC(NC1(C)CCC1)C(=O)NC1CC1. The lowest BCUT2D eigenvalue weighted by Crippen LogP contribution is -2.56. The summed E-state index contributed by atoms with van der Waals surface area (Å²) in [6, 6.07) is 0.432. The van der Waals surface area contributed by atoms with E-state index in [9.17, 15) is 4.79 Å². The molecule has 0 spiro atoms. The van der Waals surface area contributed by atoms with Crippen molar-refractivity contribution < 1.29 is 4.79 Å². The maximum atomic E-state index is 11.6. The quantitative estimate of drug-likeness (QED) is 0.709. The van der Waals surface area contributed by atoms with Crippen LogP contribution in [0.2, 0.25) is 0 Å². The molecular formula is C11H20N2O. The van der Waals surface area contributed by atoms with Crippen LogP contribution in [0.15, 0.2) is 0 Å². The molecule has 0 saturated heterocycles. The molecule has 1 amide bonds. The molecule has 80 valence electrons. The Morgan fingerprint density at radius 2 is 2.07 bits per heavy atom. The first-order valence-electron chi connectivity index (χ1n) is 5.67. The first-order valence-corrected chi connectivity index (χ1v) is 5.67. The standard InChI is InChI=1S/C11H20N2O/c1-8(10(14)12-9-4-5-9)13-11(2)6-3-7-11/h8-9,13H,3-7H2,1-2H3,(H,12,14). The summed E-state index contributed by atoms with van der Waals surface area (Å²) in [6.45, 7) is 4.17. The molecule has 3 nitrogen and oxygen atoms in total. The van der Waals surface area contributed by atoms with Gasteiger partial charge in [0.15, 0.2) is 0 Å². The summed E-state index contributed by atoms with van der Waals surface area (Å²) in [6.07, 6.45) is 6.02. The second-order valence-corrected chi connectivity index (χ2v) is 5.06. The van der Waals surface area contributed by atoms with Gasteiger partial charge in [0, 0.05) is 11.6 Å². The zero-order valence-corrected chi connectivity index (χ0v) is 9.10. The first kappa shape index (κ1) is 9.97.